The minimum atomic E-state index is 0.260. The van der Waals surface area contributed by atoms with Crippen molar-refractivity contribution in [1.82, 2.24) is 9.97 Å². The maximum Gasteiger partial charge on any atom is 0.218 e. The molecule has 0 radical (unpaired) electrons. The van der Waals surface area contributed by atoms with E-state index in [2.05, 4.69) is 60.5 Å². The van der Waals surface area contributed by atoms with Gasteiger partial charge in [0, 0.05) is 12.0 Å². The Morgan fingerprint density at radius 3 is 2.60 bits per heavy atom. The molecule has 20 heavy (non-hydrogen) atoms. The molecular weight excluding hydrogens is 316 g/mol. The predicted octanol–water partition coefficient (Wildman–Crippen LogP) is 4.96. The first-order valence-electron chi connectivity index (χ1n) is 7.46. The van der Waals surface area contributed by atoms with E-state index in [9.17, 15) is 0 Å². The van der Waals surface area contributed by atoms with Gasteiger partial charge in [-0.15, -0.1) is 0 Å². The molecule has 0 aromatic carbocycles. The van der Waals surface area contributed by atoms with Gasteiger partial charge < -0.3 is 4.74 Å². The third-order valence-electron chi connectivity index (χ3n) is 3.84. The molecule has 3 nitrogen and oxygen atoms in total. The van der Waals surface area contributed by atoms with E-state index in [1.54, 1.807) is 0 Å². The highest BCUT2D eigenvalue weighted by Gasteiger charge is 2.33. The summed E-state index contributed by atoms with van der Waals surface area (Å²) in [5.41, 5.74) is 0.355. The minimum absolute atomic E-state index is 0.260. The number of hydrogen-bond acceptors (Lipinski definition) is 3. The molecule has 1 saturated carbocycles. The normalized spacial score (nSPS) is 25.8. The zero-order valence-electron chi connectivity index (χ0n) is 13.1. The smallest absolute Gasteiger partial charge is 0.218 e. The van der Waals surface area contributed by atoms with Crippen LogP contribution in [0.2, 0.25) is 0 Å². The molecular formula is C16H25BrN2O. The molecule has 0 aliphatic heterocycles. The van der Waals surface area contributed by atoms with Crippen LogP contribution in [0.1, 0.15) is 65.6 Å². The van der Waals surface area contributed by atoms with Gasteiger partial charge in [0.1, 0.15) is 16.5 Å². The van der Waals surface area contributed by atoms with Crippen molar-refractivity contribution in [2.45, 2.75) is 65.9 Å². The van der Waals surface area contributed by atoms with Crippen molar-refractivity contribution in [2.24, 2.45) is 11.3 Å². The molecule has 0 spiro atoms. The van der Waals surface area contributed by atoms with Crippen molar-refractivity contribution in [3.8, 4) is 5.88 Å². The zero-order chi connectivity index (χ0) is 14.9. The molecule has 0 amide bonds. The standard InChI is InChI=1S/C16H25BrN2O/c1-10(2)15-18-13(17)7-14(19-15)20-12-6-11(3)8-16(4,5)9-12/h7,10-12H,6,8-9H2,1-5H3. The van der Waals surface area contributed by atoms with Crippen LogP contribution in [0.4, 0.5) is 0 Å². The van der Waals surface area contributed by atoms with Crippen LogP contribution >= 0.6 is 15.9 Å². The second-order valence-electron chi connectivity index (χ2n) is 7.20. The predicted molar refractivity (Wildman–Crippen MR) is 85.0 cm³/mol. The average molecular weight is 341 g/mol. The summed E-state index contributed by atoms with van der Waals surface area (Å²) in [5.74, 6) is 2.54. The third kappa shape index (κ3) is 4.18. The number of ether oxygens (including phenoxy) is 1. The Hall–Kier alpha value is -0.640. The summed E-state index contributed by atoms with van der Waals surface area (Å²) in [5, 5.41) is 0. The molecule has 2 atom stereocenters. The summed E-state index contributed by atoms with van der Waals surface area (Å²) in [7, 11) is 0. The van der Waals surface area contributed by atoms with Gasteiger partial charge in [0.25, 0.3) is 0 Å². The van der Waals surface area contributed by atoms with E-state index in [-0.39, 0.29) is 6.10 Å². The van der Waals surface area contributed by atoms with Crippen molar-refractivity contribution in [1.29, 1.82) is 0 Å². The van der Waals surface area contributed by atoms with Crippen LogP contribution in [-0.2, 0) is 0 Å². The number of aromatic nitrogens is 2. The maximum atomic E-state index is 6.15. The summed E-state index contributed by atoms with van der Waals surface area (Å²) < 4.78 is 6.95. The van der Waals surface area contributed by atoms with Crippen LogP contribution in [0.3, 0.4) is 0 Å². The third-order valence-corrected chi connectivity index (χ3v) is 4.25. The monoisotopic (exact) mass is 340 g/mol. The largest absolute Gasteiger partial charge is 0.474 e. The van der Waals surface area contributed by atoms with Crippen LogP contribution < -0.4 is 4.74 Å². The number of halogens is 1. The fourth-order valence-corrected chi connectivity index (χ4v) is 3.63. The molecule has 2 rings (SSSR count). The summed E-state index contributed by atoms with van der Waals surface area (Å²) in [4.78, 5) is 8.93. The van der Waals surface area contributed by atoms with Crippen LogP contribution in [0.25, 0.3) is 0 Å². The van der Waals surface area contributed by atoms with Gasteiger partial charge in [0.2, 0.25) is 5.88 Å². The van der Waals surface area contributed by atoms with Crippen LogP contribution in [-0.4, -0.2) is 16.1 Å². The van der Waals surface area contributed by atoms with Crippen molar-refractivity contribution < 1.29 is 4.74 Å². The fraction of sp³-hybridized carbons (Fsp3) is 0.750. The molecule has 112 valence electrons. The van der Waals surface area contributed by atoms with E-state index in [0.717, 1.165) is 23.3 Å². The van der Waals surface area contributed by atoms with E-state index in [0.29, 0.717) is 23.1 Å². The van der Waals surface area contributed by atoms with E-state index in [4.69, 9.17) is 4.74 Å². The molecule has 0 N–H and O–H groups in total. The lowest BCUT2D eigenvalue weighted by Crippen LogP contribution is -2.34. The molecule has 1 aliphatic carbocycles. The molecule has 0 saturated heterocycles. The molecule has 0 bridgehead atoms. The van der Waals surface area contributed by atoms with Gasteiger partial charge in [0.05, 0.1) is 0 Å². The van der Waals surface area contributed by atoms with E-state index in [1.165, 1.54) is 6.42 Å². The van der Waals surface area contributed by atoms with Gasteiger partial charge in [-0.25, -0.2) is 4.98 Å². The van der Waals surface area contributed by atoms with Crippen molar-refractivity contribution in [3.63, 3.8) is 0 Å². The number of rotatable bonds is 3. The highest BCUT2D eigenvalue weighted by Crippen LogP contribution is 2.39. The molecule has 1 aliphatic rings. The summed E-state index contributed by atoms with van der Waals surface area (Å²) in [6.07, 6.45) is 3.74. The van der Waals surface area contributed by atoms with Gasteiger partial charge in [-0.05, 0) is 46.5 Å². The summed E-state index contributed by atoms with van der Waals surface area (Å²) in [6.45, 7) is 11.2. The Balaban J connectivity index is 2.13. The van der Waals surface area contributed by atoms with Gasteiger partial charge in [-0.2, -0.15) is 4.98 Å². The minimum Gasteiger partial charge on any atom is -0.474 e. The van der Waals surface area contributed by atoms with Crippen molar-refractivity contribution >= 4 is 15.9 Å². The topological polar surface area (TPSA) is 35.0 Å². The fourth-order valence-electron chi connectivity index (χ4n) is 3.25. The Labute approximate surface area is 130 Å². The average Bonchev–Trinajstić information content (AvgIpc) is 2.24. The first kappa shape index (κ1) is 15.7. The Morgan fingerprint density at radius 1 is 1.30 bits per heavy atom. The molecule has 1 heterocycles. The highest BCUT2D eigenvalue weighted by molar-refractivity contribution is 9.10. The molecule has 2 unspecified atom stereocenters. The van der Waals surface area contributed by atoms with Gasteiger partial charge >= 0.3 is 0 Å². The van der Waals surface area contributed by atoms with Crippen LogP contribution in [0.5, 0.6) is 5.88 Å². The lowest BCUT2D eigenvalue weighted by Gasteiger charge is -2.38. The zero-order valence-corrected chi connectivity index (χ0v) is 14.7. The van der Waals surface area contributed by atoms with Crippen LogP contribution in [0, 0.1) is 11.3 Å². The van der Waals surface area contributed by atoms with Gasteiger partial charge in [0.15, 0.2) is 0 Å². The van der Waals surface area contributed by atoms with Gasteiger partial charge in [-0.1, -0.05) is 34.6 Å². The summed E-state index contributed by atoms with van der Waals surface area (Å²) >= 11 is 3.45. The molecule has 1 fully saturated rings. The lowest BCUT2D eigenvalue weighted by atomic mass is 9.71. The Kier molecular flexibility index (Phi) is 4.73. The van der Waals surface area contributed by atoms with E-state index >= 15 is 0 Å². The quantitative estimate of drug-likeness (QED) is 0.729. The second kappa shape index (κ2) is 6.00. The maximum absolute atomic E-state index is 6.15. The molecule has 1 aromatic heterocycles. The number of hydrogen-bond donors (Lipinski definition) is 0. The SMILES string of the molecule is CC1CC(Oc2cc(Br)nc(C(C)C)n2)CC(C)(C)C1. The van der Waals surface area contributed by atoms with Crippen LogP contribution in [0.15, 0.2) is 10.7 Å². The Bertz CT molecular complexity index is 474. The number of nitrogens with zero attached hydrogens (tertiary/aromatic N) is 2. The van der Waals surface area contributed by atoms with E-state index < -0.39 is 0 Å². The van der Waals surface area contributed by atoms with Crippen molar-refractivity contribution in [2.75, 3.05) is 0 Å². The first-order chi connectivity index (χ1) is 9.25. The van der Waals surface area contributed by atoms with E-state index in [1.807, 2.05) is 6.07 Å². The Morgan fingerprint density at radius 2 is 2.00 bits per heavy atom. The van der Waals surface area contributed by atoms with Crippen molar-refractivity contribution in [3.05, 3.63) is 16.5 Å². The van der Waals surface area contributed by atoms with Gasteiger partial charge in [-0.3, -0.25) is 0 Å². The molecule has 1 aromatic rings. The second-order valence-corrected chi connectivity index (χ2v) is 8.01. The summed E-state index contributed by atoms with van der Waals surface area (Å²) in [6, 6.07) is 1.87. The highest BCUT2D eigenvalue weighted by atomic mass is 79.9. The molecule has 4 heteroatoms. The lowest BCUT2D eigenvalue weighted by molar-refractivity contribution is 0.0529. The first-order valence-corrected chi connectivity index (χ1v) is 8.25.